The maximum Gasteiger partial charge on any atom is 0.337 e. The van der Waals surface area contributed by atoms with E-state index in [0.29, 0.717) is 42.0 Å². The van der Waals surface area contributed by atoms with Crippen molar-refractivity contribution < 1.29 is 19.0 Å². The van der Waals surface area contributed by atoms with Gasteiger partial charge in [0.25, 0.3) is 0 Å². The fourth-order valence-corrected chi connectivity index (χ4v) is 5.04. The predicted octanol–water partition coefficient (Wildman–Crippen LogP) is 5.53. The van der Waals surface area contributed by atoms with Crippen LogP contribution in [-0.4, -0.2) is 42.8 Å². The van der Waals surface area contributed by atoms with Crippen molar-refractivity contribution in [1.82, 2.24) is 9.97 Å². The maximum absolute atomic E-state index is 11.8. The molecule has 7 nitrogen and oxygen atoms in total. The van der Waals surface area contributed by atoms with Gasteiger partial charge in [0, 0.05) is 17.0 Å². The molecule has 2 aromatic heterocycles. The smallest absolute Gasteiger partial charge is 0.337 e. The number of esters is 1. The van der Waals surface area contributed by atoms with Crippen LogP contribution in [-0.2, 0) is 11.2 Å². The van der Waals surface area contributed by atoms with Crippen molar-refractivity contribution in [2.24, 2.45) is 0 Å². The number of aryl methyl sites for hydroxylation is 1. The molecule has 4 aromatic rings. The van der Waals surface area contributed by atoms with Gasteiger partial charge in [-0.15, -0.1) is 11.3 Å². The fraction of sp³-hybridized carbons (Fsp3) is 0.240. The summed E-state index contributed by atoms with van der Waals surface area (Å²) in [4.78, 5) is 23.1. The number of thiophene rings is 1. The highest BCUT2D eigenvalue weighted by Gasteiger charge is 2.17. The van der Waals surface area contributed by atoms with E-state index in [9.17, 15) is 4.79 Å². The molecule has 34 heavy (non-hydrogen) atoms. The van der Waals surface area contributed by atoms with Crippen molar-refractivity contribution >= 4 is 44.9 Å². The number of carbonyl (C=O) groups excluding carboxylic acids is 1. The summed E-state index contributed by atoms with van der Waals surface area (Å²) in [6.45, 7) is 3.76. The molecule has 1 aliphatic heterocycles. The van der Waals surface area contributed by atoms with Crippen LogP contribution >= 0.6 is 22.9 Å². The molecule has 1 N–H and O–H groups in total. The van der Waals surface area contributed by atoms with E-state index in [4.69, 9.17) is 35.8 Å². The lowest BCUT2D eigenvalue weighted by Crippen LogP contribution is -2.15. The number of rotatable bonds is 6. The van der Waals surface area contributed by atoms with Gasteiger partial charge in [-0.1, -0.05) is 29.8 Å². The molecule has 5 rings (SSSR count). The Balaban J connectivity index is 1.41. The van der Waals surface area contributed by atoms with Crippen LogP contribution in [0.2, 0.25) is 5.02 Å². The second kappa shape index (κ2) is 9.48. The Bertz CT molecular complexity index is 1370. The van der Waals surface area contributed by atoms with Crippen LogP contribution in [0.15, 0.2) is 42.5 Å². The number of hydrogen-bond donors (Lipinski definition) is 1. The van der Waals surface area contributed by atoms with E-state index in [0.717, 1.165) is 44.1 Å². The second-order valence-corrected chi connectivity index (χ2v) is 9.35. The molecule has 0 fully saturated rings. The lowest BCUT2D eigenvalue weighted by molar-refractivity contribution is 0.0600. The van der Waals surface area contributed by atoms with Gasteiger partial charge in [-0.05, 0) is 43.2 Å². The summed E-state index contributed by atoms with van der Waals surface area (Å²) < 4.78 is 16.1. The molecule has 2 aromatic carbocycles. The summed E-state index contributed by atoms with van der Waals surface area (Å²) in [5, 5.41) is 4.93. The van der Waals surface area contributed by atoms with E-state index in [1.807, 2.05) is 37.3 Å². The molecule has 3 heterocycles. The first kappa shape index (κ1) is 22.4. The van der Waals surface area contributed by atoms with Crippen LogP contribution in [0.3, 0.4) is 0 Å². The highest BCUT2D eigenvalue weighted by molar-refractivity contribution is 7.19. The number of ether oxygens (including phenoxy) is 3. The molecule has 0 radical (unpaired) electrons. The van der Waals surface area contributed by atoms with Crippen molar-refractivity contribution in [2.75, 3.05) is 32.2 Å². The molecule has 0 bridgehead atoms. The molecule has 0 amide bonds. The largest absolute Gasteiger partial charge is 0.486 e. The lowest BCUT2D eigenvalue weighted by atomic mass is 10.1. The first-order valence-corrected chi connectivity index (χ1v) is 12.0. The molecule has 174 valence electrons. The number of nitrogens with one attached hydrogen (secondary N) is 1. The molecule has 0 atom stereocenters. The number of methoxy groups -OCH3 is 1. The van der Waals surface area contributed by atoms with Crippen molar-refractivity contribution in [1.29, 1.82) is 0 Å². The molecule has 0 aliphatic carbocycles. The fourth-order valence-electron chi connectivity index (χ4n) is 3.78. The van der Waals surface area contributed by atoms with Gasteiger partial charge < -0.3 is 19.5 Å². The third kappa shape index (κ3) is 4.38. The zero-order valence-corrected chi connectivity index (χ0v) is 20.3. The third-order valence-corrected chi connectivity index (χ3v) is 7.11. The molecule has 9 heteroatoms. The van der Waals surface area contributed by atoms with Crippen molar-refractivity contribution in [2.45, 2.75) is 13.3 Å². The van der Waals surface area contributed by atoms with Gasteiger partial charge in [-0.3, -0.25) is 0 Å². The summed E-state index contributed by atoms with van der Waals surface area (Å²) >= 11 is 8.13. The topological polar surface area (TPSA) is 82.6 Å². The zero-order valence-electron chi connectivity index (χ0n) is 18.7. The number of hydrogen-bond acceptors (Lipinski definition) is 8. The number of aromatic nitrogens is 2. The number of fused-ring (bicyclic) bond motifs is 2. The SMILES string of the molecule is COC(=O)c1ccc(-c2nc(NCCc3ccc4c(c3)OCCO4)c3c(Cl)c(C)sc3n2)cc1. The molecule has 0 saturated carbocycles. The average molecular weight is 496 g/mol. The Morgan fingerprint density at radius 3 is 2.65 bits per heavy atom. The summed E-state index contributed by atoms with van der Waals surface area (Å²) in [5.41, 5.74) is 2.40. The van der Waals surface area contributed by atoms with E-state index in [1.54, 1.807) is 12.1 Å². The Morgan fingerprint density at radius 2 is 1.88 bits per heavy atom. The first-order valence-electron chi connectivity index (χ1n) is 10.8. The van der Waals surface area contributed by atoms with Crippen molar-refractivity contribution in [3.63, 3.8) is 0 Å². The number of halogens is 1. The monoisotopic (exact) mass is 495 g/mol. The Kier molecular flexibility index (Phi) is 6.26. The predicted molar refractivity (Wildman–Crippen MR) is 134 cm³/mol. The highest BCUT2D eigenvalue weighted by atomic mass is 35.5. The minimum absolute atomic E-state index is 0.384. The van der Waals surface area contributed by atoms with Crippen LogP contribution in [0.4, 0.5) is 5.82 Å². The Hall–Kier alpha value is -3.36. The highest BCUT2D eigenvalue weighted by Crippen LogP contribution is 2.39. The Labute approximate surface area is 205 Å². The minimum atomic E-state index is -0.384. The van der Waals surface area contributed by atoms with E-state index < -0.39 is 0 Å². The molecular formula is C25H22ClN3O4S. The summed E-state index contributed by atoms with van der Waals surface area (Å²) in [5.74, 6) is 2.42. The number of benzene rings is 2. The molecule has 0 spiro atoms. The van der Waals surface area contributed by atoms with Crippen LogP contribution in [0.5, 0.6) is 11.5 Å². The zero-order chi connectivity index (χ0) is 23.7. The molecule has 0 unspecified atom stereocenters. The third-order valence-electron chi connectivity index (χ3n) is 5.53. The van der Waals surface area contributed by atoms with E-state index in [-0.39, 0.29) is 5.97 Å². The number of carbonyl (C=O) groups is 1. The van der Waals surface area contributed by atoms with E-state index >= 15 is 0 Å². The summed E-state index contributed by atoms with van der Waals surface area (Å²) in [7, 11) is 1.36. The van der Waals surface area contributed by atoms with Crippen LogP contribution in [0.1, 0.15) is 20.8 Å². The lowest BCUT2D eigenvalue weighted by Gasteiger charge is -2.19. The molecule has 0 saturated heterocycles. The summed E-state index contributed by atoms with van der Waals surface area (Å²) in [6, 6.07) is 13.0. The number of nitrogens with zero attached hydrogens (tertiary/aromatic N) is 2. The maximum atomic E-state index is 11.8. The van der Waals surface area contributed by atoms with Crippen molar-refractivity contribution in [3.8, 4) is 22.9 Å². The van der Waals surface area contributed by atoms with Gasteiger partial charge >= 0.3 is 5.97 Å². The van der Waals surface area contributed by atoms with Gasteiger partial charge in [0.05, 0.1) is 23.1 Å². The number of anilines is 1. The first-order chi connectivity index (χ1) is 16.5. The van der Waals surface area contributed by atoms with Crippen LogP contribution < -0.4 is 14.8 Å². The average Bonchev–Trinajstić information content (AvgIpc) is 3.16. The summed E-state index contributed by atoms with van der Waals surface area (Å²) in [6.07, 6.45) is 0.770. The van der Waals surface area contributed by atoms with E-state index in [1.165, 1.54) is 18.4 Å². The Morgan fingerprint density at radius 1 is 1.12 bits per heavy atom. The van der Waals surface area contributed by atoms with Crippen LogP contribution in [0, 0.1) is 6.92 Å². The standard InChI is InChI=1S/C25H22ClN3O4S/c1-14-21(26)20-23(27-10-9-15-3-8-18-19(13-15)33-12-11-32-18)28-22(29-24(20)34-14)16-4-6-17(7-5-16)25(30)31-2/h3-8,13H,9-12H2,1-2H3,(H,27,28,29). The minimum Gasteiger partial charge on any atom is -0.486 e. The normalized spacial score (nSPS) is 12.6. The quantitative estimate of drug-likeness (QED) is 0.352. The van der Waals surface area contributed by atoms with E-state index in [2.05, 4.69) is 5.32 Å². The second-order valence-electron chi connectivity index (χ2n) is 7.77. The van der Waals surface area contributed by atoms with Crippen LogP contribution in [0.25, 0.3) is 21.6 Å². The molecule has 1 aliphatic rings. The van der Waals surface area contributed by atoms with Gasteiger partial charge in [-0.25, -0.2) is 14.8 Å². The van der Waals surface area contributed by atoms with Gasteiger partial charge in [0.15, 0.2) is 17.3 Å². The van der Waals surface area contributed by atoms with Gasteiger partial charge in [-0.2, -0.15) is 0 Å². The van der Waals surface area contributed by atoms with Gasteiger partial charge in [0.1, 0.15) is 23.9 Å². The van der Waals surface area contributed by atoms with Gasteiger partial charge in [0.2, 0.25) is 0 Å². The molecular weight excluding hydrogens is 474 g/mol. The van der Waals surface area contributed by atoms with Crippen molar-refractivity contribution in [3.05, 3.63) is 63.5 Å².